The normalized spacial score (nSPS) is 45.5. The van der Waals surface area contributed by atoms with Gasteiger partial charge in [-0.05, 0) is 38.0 Å². The Balaban J connectivity index is 1.99. The van der Waals surface area contributed by atoms with E-state index in [0.29, 0.717) is 18.4 Å². The molecule has 0 saturated heterocycles. The molecule has 5 unspecified atom stereocenters. The summed E-state index contributed by atoms with van der Waals surface area (Å²) in [6.07, 6.45) is 3.06. The first-order valence-electron chi connectivity index (χ1n) is 5.29. The topological polar surface area (TPSA) is 55.5 Å². The molecule has 0 aliphatic heterocycles. The molecule has 2 rings (SSSR count). The van der Waals surface area contributed by atoms with Crippen LogP contribution in [0.25, 0.3) is 0 Å². The summed E-state index contributed by atoms with van der Waals surface area (Å²) in [6.45, 7) is 2.48. The van der Waals surface area contributed by atoms with Gasteiger partial charge in [-0.1, -0.05) is 0 Å². The number of ether oxygens (including phenoxy) is 1. The third kappa shape index (κ3) is 1.49. The fourth-order valence-electron chi connectivity index (χ4n) is 3.09. The number of rotatable bonds is 3. The van der Waals surface area contributed by atoms with Crippen LogP contribution in [0.15, 0.2) is 0 Å². The molecule has 0 aromatic heterocycles. The van der Waals surface area contributed by atoms with Crippen LogP contribution in [0.2, 0.25) is 0 Å². The van der Waals surface area contributed by atoms with Gasteiger partial charge in [0.25, 0.3) is 0 Å². The maximum Gasteiger partial charge on any atom is 0.159 e. The van der Waals surface area contributed by atoms with Crippen LogP contribution < -0.4 is 5.73 Å². The lowest BCUT2D eigenvalue weighted by Crippen LogP contribution is -2.43. The Labute approximate surface area is 79.3 Å². The van der Waals surface area contributed by atoms with Gasteiger partial charge < -0.3 is 15.6 Å². The zero-order chi connectivity index (χ0) is 9.42. The molecule has 0 heterocycles. The summed E-state index contributed by atoms with van der Waals surface area (Å²) in [5.74, 6) is 1.45. The van der Waals surface area contributed by atoms with Gasteiger partial charge in [-0.3, -0.25) is 0 Å². The molecule has 0 spiro atoms. The lowest BCUT2D eigenvalue weighted by molar-refractivity contribution is -0.145. The van der Waals surface area contributed by atoms with Gasteiger partial charge in [0.05, 0.1) is 0 Å². The first-order chi connectivity index (χ1) is 6.24. The number of hydrogen-bond acceptors (Lipinski definition) is 3. The first-order valence-corrected chi connectivity index (χ1v) is 5.29. The minimum absolute atomic E-state index is 0.167. The third-order valence-corrected chi connectivity index (χ3v) is 3.71. The van der Waals surface area contributed by atoms with Crippen LogP contribution in [0.1, 0.15) is 26.2 Å². The van der Waals surface area contributed by atoms with Crippen molar-refractivity contribution in [3.8, 4) is 0 Å². The van der Waals surface area contributed by atoms with Crippen LogP contribution in [0, 0.1) is 17.8 Å². The van der Waals surface area contributed by atoms with Gasteiger partial charge >= 0.3 is 0 Å². The minimum atomic E-state index is -0.629. The van der Waals surface area contributed by atoms with Crippen molar-refractivity contribution in [2.24, 2.45) is 23.5 Å². The molecule has 2 bridgehead atoms. The second-order valence-corrected chi connectivity index (χ2v) is 4.33. The van der Waals surface area contributed by atoms with Crippen LogP contribution >= 0.6 is 0 Å². The van der Waals surface area contributed by atoms with Crippen LogP contribution in [-0.2, 0) is 4.74 Å². The summed E-state index contributed by atoms with van der Waals surface area (Å²) >= 11 is 0. The molecule has 5 atom stereocenters. The second kappa shape index (κ2) is 3.56. The highest BCUT2D eigenvalue weighted by Crippen LogP contribution is 2.48. The molecule has 0 amide bonds. The molecular weight excluding hydrogens is 166 g/mol. The van der Waals surface area contributed by atoms with E-state index in [4.69, 9.17) is 10.5 Å². The number of fused-ring (bicyclic) bond motifs is 2. The smallest absolute Gasteiger partial charge is 0.159 e. The van der Waals surface area contributed by atoms with E-state index < -0.39 is 6.29 Å². The number of aliphatic hydroxyl groups excluding tert-OH is 1. The second-order valence-electron chi connectivity index (χ2n) is 4.33. The molecule has 3 heteroatoms. The maximum atomic E-state index is 9.74. The predicted molar refractivity (Wildman–Crippen MR) is 49.9 cm³/mol. The number of nitrogens with two attached hydrogens (primary N) is 1. The van der Waals surface area contributed by atoms with Crippen molar-refractivity contribution in [3.05, 3.63) is 0 Å². The number of aliphatic hydroxyl groups is 1. The lowest BCUT2D eigenvalue weighted by atomic mass is 9.84. The van der Waals surface area contributed by atoms with Crippen LogP contribution in [0.5, 0.6) is 0 Å². The van der Waals surface area contributed by atoms with Crippen molar-refractivity contribution in [1.29, 1.82) is 0 Å². The highest BCUT2D eigenvalue weighted by molar-refractivity contribution is 4.99. The van der Waals surface area contributed by atoms with Crippen molar-refractivity contribution in [2.75, 3.05) is 6.61 Å². The zero-order valence-electron chi connectivity index (χ0n) is 8.15. The van der Waals surface area contributed by atoms with Gasteiger partial charge in [-0.15, -0.1) is 0 Å². The maximum absolute atomic E-state index is 9.74. The van der Waals surface area contributed by atoms with Crippen molar-refractivity contribution in [3.63, 3.8) is 0 Å². The van der Waals surface area contributed by atoms with Crippen molar-refractivity contribution >= 4 is 0 Å². The zero-order valence-corrected chi connectivity index (χ0v) is 8.15. The standard InChI is InChI=1S/C10H19NO2/c1-2-13-10(12)8-6-3-4-7(5-6)9(8)11/h6-10,12H,2-5,11H2,1H3. The number of hydrogen-bond donors (Lipinski definition) is 2. The highest BCUT2D eigenvalue weighted by Gasteiger charge is 2.48. The molecule has 2 aliphatic rings. The molecule has 76 valence electrons. The lowest BCUT2D eigenvalue weighted by Gasteiger charge is -2.31. The van der Waals surface area contributed by atoms with E-state index in [1.54, 1.807) is 0 Å². The Morgan fingerprint density at radius 1 is 1.46 bits per heavy atom. The van der Waals surface area contributed by atoms with Gasteiger partial charge in [0.15, 0.2) is 6.29 Å². The summed E-state index contributed by atoms with van der Waals surface area (Å²) < 4.78 is 5.22. The molecule has 2 fully saturated rings. The summed E-state index contributed by atoms with van der Waals surface area (Å²) in [6, 6.07) is 0.167. The Morgan fingerprint density at radius 3 is 2.69 bits per heavy atom. The van der Waals surface area contributed by atoms with Gasteiger partial charge in [-0.25, -0.2) is 0 Å². The molecule has 0 aromatic rings. The summed E-state index contributed by atoms with van der Waals surface area (Å²) in [4.78, 5) is 0. The van der Waals surface area contributed by atoms with E-state index in [2.05, 4.69) is 0 Å². The Bertz CT molecular complexity index is 184. The minimum Gasteiger partial charge on any atom is -0.368 e. The van der Waals surface area contributed by atoms with Gasteiger partial charge in [0.1, 0.15) is 0 Å². The van der Waals surface area contributed by atoms with E-state index in [-0.39, 0.29) is 12.0 Å². The van der Waals surface area contributed by atoms with Gasteiger partial charge in [0, 0.05) is 18.6 Å². The monoisotopic (exact) mass is 185 g/mol. The Kier molecular flexibility index (Phi) is 2.58. The fourth-order valence-corrected chi connectivity index (χ4v) is 3.09. The third-order valence-electron chi connectivity index (χ3n) is 3.71. The van der Waals surface area contributed by atoms with E-state index in [1.807, 2.05) is 6.92 Å². The predicted octanol–water partition coefficient (Wildman–Crippen LogP) is 0.715. The summed E-state index contributed by atoms with van der Waals surface area (Å²) in [7, 11) is 0. The van der Waals surface area contributed by atoms with E-state index in [1.165, 1.54) is 19.3 Å². The van der Waals surface area contributed by atoms with Crippen LogP contribution in [0.4, 0.5) is 0 Å². The molecule has 13 heavy (non-hydrogen) atoms. The van der Waals surface area contributed by atoms with E-state index in [0.717, 1.165) is 0 Å². The average molecular weight is 185 g/mol. The van der Waals surface area contributed by atoms with E-state index in [9.17, 15) is 5.11 Å². The highest BCUT2D eigenvalue weighted by atomic mass is 16.6. The molecule has 2 saturated carbocycles. The van der Waals surface area contributed by atoms with Crippen LogP contribution in [0.3, 0.4) is 0 Å². The average Bonchev–Trinajstić information content (AvgIpc) is 2.63. The van der Waals surface area contributed by atoms with Crippen molar-refractivity contribution in [2.45, 2.75) is 38.5 Å². The molecule has 3 N–H and O–H groups in total. The SMILES string of the molecule is CCOC(O)C1C2CCC(C2)C1N. The van der Waals surface area contributed by atoms with Crippen molar-refractivity contribution < 1.29 is 9.84 Å². The van der Waals surface area contributed by atoms with Crippen molar-refractivity contribution in [1.82, 2.24) is 0 Å². The van der Waals surface area contributed by atoms with Crippen LogP contribution in [-0.4, -0.2) is 24.0 Å². The van der Waals surface area contributed by atoms with Gasteiger partial charge in [0.2, 0.25) is 0 Å². The van der Waals surface area contributed by atoms with E-state index >= 15 is 0 Å². The quantitative estimate of drug-likeness (QED) is 0.637. The molecule has 0 aromatic carbocycles. The largest absolute Gasteiger partial charge is 0.368 e. The van der Waals surface area contributed by atoms with Gasteiger partial charge in [-0.2, -0.15) is 0 Å². The Hall–Kier alpha value is -0.120. The molecule has 3 nitrogen and oxygen atoms in total. The molecular formula is C10H19NO2. The summed E-state index contributed by atoms with van der Waals surface area (Å²) in [5.41, 5.74) is 6.06. The fraction of sp³-hybridized carbons (Fsp3) is 1.00. The summed E-state index contributed by atoms with van der Waals surface area (Å²) in [5, 5.41) is 9.74. The molecule has 0 radical (unpaired) electrons. The Morgan fingerprint density at radius 2 is 2.15 bits per heavy atom. The molecule has 2 aliphatic carbocycles. The first kappa shape index (κ1) is 9.44.